The summed E-state index contributed by atoms with van der Waals surface area (Å²) in [6.07, 6.45) is 2.85. The first-order valence-electron chi connectivity index (χ1n) is 5.15. The summed E-state index contributed by atoms with van der Waals surface area (Å²) in [7, 11) is -2.58. The van der Waals surface area contributed by atoms with Gasteiger partial charge in [-0.2, -0.15) is 11.8 Å². The van der Waals surface area contributed by atoms with Crippen molar-refractivity contribution in [2.45, 2.75) is 19.3 Å². The summed E-state index contributed by atoms with van der Waals surface area (Å²) < 4.78 is 21.3. The highest BCUT2D eigenvalue weighted by Gasteiger charge is 2.14. The van der Waals surface area contributed by atoms with Crippen LogP contribution >= 0.6 is 11.8 Å². The summed E-state index contributed by atoms with van der Waals surface area (Å²) in [6, 6.07) is 0. The number of rotatable bonds is 0. The van der Waals surface area contributed by atoms with Gasteiger partial charge in [0, 0.05) is 12.3 Å². The molecule has 2 aliphatic rings. The van der Waals surface area contributed by atoms with Crippen molar-refractivity contribution < 1.29 is 13.2 Å². The van der Waals surface area contributed by atoms with Crippen molar-refractivity contribution in [1.29, 1.82) is 0 Å². The van der Waals surface area contributed by atoms with Gasteiger partial charge in [0.25, 0.3) is 0 Å². The Bertz CT molecular complexity index is 280. The van der Waals surface area contributed by atoms with Crippen LogP contribution in [0.25, 0.3) is 0 Å². The zero-order valence-corrected chi connectivity index (χ0v) is 10.3. The van der Waals surface area contributed by atoms with Crippen LogP contribution in [-0.2, 0) is 14.6 Å². The largest absolute Gasteiger partial charge is 0.355 e. The Balaban J connectivity index is 0.000000151. The minimum atomic E-state index is -2.58. The van der Waals surface area contributed by atoms with Crippen LogP contribution in [0.15, 0.2) is 0 Å². The van der Waals surface area contributed by atoms with Gasteiger partial charge in [0.15, 0.2) is 0 Å². The molecular formula is C9H17NO3S2. The van der Waals surface area contributed by atoms with E-state index >= 15 is 0 Å². The Hall–Kier alpha value is -0.230. The first kappa shape index (κ1) is 12.8. The van der Waals surface area contributed by atoms with Gasteiger partial charge in [0.05, 0.1) is 17.3 Å². The topological polar surface area (TPSA) is 63.2 Å². The van der Waals surface area contributed by atoms with E-state index < -0.39 is 9.84 Å². The highest BCUT2D eigenvalue weighted by molar-refractivity contribution is 8.00. The Labute approximate surface area is 95.1 Å². The lowest BCUT2D eigenvalue weighted by atomic mass is 10.3. The van der Waals surface area contributed by atoms with E-state index in [9.17, 15) is 13.2 Å². The number of hydrogen-bond acceptors (Lipinski definition) is 4. The van der Waals surface area contributed by atoms with Gasteiger partial charge in [-0.3, -0.25) is 4.79 Å². The number of carbonyl (C=O) groups excluding carboxylic acids is 1. The highest BCUT2D eigenvalue weighted by Crippen LogP contribution is 2.09. The van der Waals surface area contributed by atoms with Crippen molar-refractivity contribution in [3.05, 3.63) is 0 Å². The third-order valence-electron chi connectivity index (χ3n) is 2.21. The van der Waals surface area contributed by atoms with E-state index in [-0.39, 0.29) is 5.91 Å². The Morgan fingerprint density at radius 1 is 1.13 bits per heavy atom. The fraction of sp³-hybridized carbons (Fsp3) is 0.889. The van der Waals surface area contributed by atoms with E-state index in [1.807, 2.05) is 0 Å². The molecule has 2 saturated heterocycles. The maximum atomic E-state index is 10.7. The van der Waals surface area contributed by atoms with Gasteiger partial charge in [-0.1, -0.05) is 6.42 Å². The smallest absolute Gasteiger partial charge is 0.230 e. The van der Waals surface area contributed by atoms with Gasteiger partial charge in [0.1, 0.15) is 9.84 Å². The molecule has 4 nitrogen and oxygen atoms in total. The van der Waals surface area contributed by atoms with Gasteiger partial charge in [0.2, 0.25) is 5.91 Å². The van der Waals surface area contributed by atoms with Crippen molar-refractivity contribution in [1.82, 2.24) is 5.32 Å². The van der Waals surface area contributed by atoms with Gasteiger partial charge < -0.3 is 5.32 Å². The monoisotopic (exact) mass is 251 g/mol. The maximum Gasteiger partial charge on any atom is 0.230 e. The molecule has 0 spiro atoms. The molecule has 88 valence electrons. The third kappa shape index (κ3) is 6.04. The summed E-state index contributed by atoms with van der Waals surface area (Å²) in [4.78, 5) is 10.3. The van der Waals surface area contributed by atoms with E-state index in [0.29, 0.717) is 17.3 Å². The summed E-state index contributed by atoms with van der Waals surface area (Å²) in [5.41, 5.74) is 0. The fourth-order valence-corrected chi connectivity index (χ4v) is 3.57. The van der Waals surface area contributed by atoms with Crippen LogP contribution < -0.4 is 5.32 Å². The molecule has 0 saturated carbocycles. The molecular weight excluding hydrogens is 234 g/mol. The van der Waals surface area contributed by atoms with Crippen LogP contribution in [-0.4, -0.2) is 43.9 Å². The van der Waals surface area contributed by atoms with Crippen LogP contribution in [0.2, 0.25) is 0 Å². The molecule has 0 aromatic rings. The van der Waals surface area contributed by atoms with E-state index in [0.717, 1.165) is 31.6 Å². The van der Waals surface area contributed by atoms with Crippen molar-refractivity contribution in [3.63, 3.8) is 0 Å². The molecule has 2 fully saturated rings. The number of carbonyl (C=O) groups is 1. The first-order valence-corrected chi connectivity index (χ1v) is 8.13. The molecule has 6 heteroatoms. The van der Waals surface area contributed by atoms with Crippen molar-refractivity contribution >= 4 is 27.5 Å². The third-order valence-corrected chi connectivity index (χ3v) is 4.99. The number of hydrogen-bond donors (Lipinski definition) is 1. The number of nitrogens with one attached hydrogen (secondary N) is 1. The Morgan fingerprint density at radius 2 is 1.80 bits per heavy atom. The number of sulfone groups is 1. The zero-order valence-electron chi connectivity index (χ0n) is 8.70. The van der Waals surface area contributed by atoms with Crippen molar-refractivity contribution in [2.75, 3.05) is 29.6 Å². The molecule has 0 aromatic heterocycles. The molecule has 0 radical (unpaired) electrons. The minimum absolute atomic E-state index is 0.177. The average Bonchev–Trinajstić information content (AvgIpc) is 2.19. The fourth-order valence-electron chi connectivity index (χ4n) is 1.40. The van der Waals surface area contributed by atoms with E-state index in [4.69, 9.17) is 0 Å². The maximum absolute atomic E-state index is 10.7. The molecule has 0 atom stereocenters. The van der Waals surface area contributed by atoms with Gasteiger partial charge in [-0.15, -0.1) is 0 Å². The summed E-state index contributed by atoms with van der Waals surface area (Å²) >= 11 is 1.69. The SMILES string of the molecule is O=C1CSCCN1.O=S1(=O)CCCCC1. The second kappa shape index (κ2) is 6.37. The lowest BCUT2D eigenvalue weighted by Gasteiger charge is -2.08. The normalized spacial score (nSPS) is 24.7. The Kier molecular flexibility index (Phi) is 5.45. The summed E-state index contributed by atoms with van der Waals surface area (Å²) in [5, 5.41) is 2.72. The lowest BCUT2D eigenvalue weighted by Crippen LogP contribution is -2.31. The molecule has 0 unspecified atom stereocenters. The molecule has 2 heterocycles. The van der Waals surface area contributed by atoms with Crippen molar-refractivity contribution in [3.8, 4) is 0 Å². The molecule has 1 amide bonds. The second-order valence-corrected chi connectivity index (χ2v) is 7.02. The zero-order chi connectivity index (χ0) is 11.1. The first-order chi connectivity index (χ1) is 7.10. The summed E-state index contributed by atoms with van der Waals surface area (Å²) in [5.74, 6) is 2.75. The molecule has 0 bridgehead atoms. The second-order valence-electron chi connectivity index (χ2n) is 3.62. The number of thioether (sulfide) groups is 1. The molecule has 15 heavy (non-hydrogen) atoms. The molecule has 0 aliphatic carbocycles. The quantitative estimate of drug-likeness (QED) is 0.678. The lowest BCUT2D eigenvalue weighted by molar-refractivity contribution is -0.118. The van der Waals surface area contributed by atoms with Crippen LogP contribution in [0.1, 0.15) is 19.3 Å². The Morgan fingerprint density at radius 3 is 2.07 bits per heavy atom. The molecule has 0 aromatic carbocycles. The number of amides is 1. The van der Waals surface area contributed by atoms with E-state index in [1.54, 1.807) is 11.8 Å². The van der Waals surface area contributed by atoms with Gasteiger partial charge in [-0.05, 0) is 12.8 Å². The molecule has 2 rings (SSSR count). The van der Waals surface area contributed by atoms with Crippen LogP contribution in [0.5, 0.6) is 0 Å². The van der Waals surface area contributed by atoms with Crippen LogP contribution in [0.3, 0.4) is 0 Å². The predicted octanol–water partition coefficient (Wildman–Crippen LogP) is 0.434. The highest BCUT2D eigenvalue weighted by atomic mass is 32.2. The standard InChI is InChI=1S/C5H10O2S.C4H7NOS/c6-8(7)4-2-1-3-5-8;6-4-3-7-2-1-5-4/h1-5H2;1-3H2,(H,5,6). The van der Waals surface area contributed by atoms with Gasteiger partial charge >= 0.3 is 0 Å². The minimum Gasteiger partial charge on any atom is -0.355 e. The van der Waals surface area contributed by atoms with E-state index in [1.165, 1.54) is 0 Å². The predicted molar refractivity (Wildman–Crippen MR) is 62.8 cm³/mol. The molecule has 1 N–H and O–H groups in total. The molecule has 2 aliphatic heterocycles. The average molecular weight is 251 g/mol. The van der Waals surface area contributed by atoms with Gasteiger partial charge in [-0.25, -0.2) is 8.42 Å². The van der Waals surface area contributed by atoms with E-state index in [2.05, 4.69) is 5.32 Å². The summed E-state index contributed by atoms with van der Waals surface area (Å²) in [6.45, 7) is 0.851. The van der Waals surface area contributed by atoms with Crippen LogP contribution in [0.4, 0.5) is 0 Å². The van der Waals surface area contributed by atoms with Crippen molar-refractivity contribution in [2.24, 2.45) is 0 Å². The van der Waals surface area contributed by atoms with Crippen LogP contribution in [0, 0.1) is 0 Å².